The summed E-state index contributed by atoms with van der Waals surface area (Å²) in [5, 5.41) is 5.63. The molecule has 1 atom stereocenters. The molecule has 0 bridgehead atoms. The summed E-state index contributed by atoms with van der Waals surface area (Å²) in [5.74, 6) is -0.771. The number of pyridine rings is 1. The summed E-state index contributed by atoms with van der Waals surface area (Å²) in [6, 6.07) is 19.0. The monoisotopic (exact) mass is 387 g/mol. The van der Waals surface area contributed by atoms with Crippen LogP contribution in [0.25, 0.3) is 0 Å². The molecule has 29 heavy (non-hydrogen) atoms. The van der Waals surface area contributed by atoms with Crippen LogP contribution in [0.1, 0.15) is 56.7 Å². The van der Waals surface area contributed by atoms with Crippen molar-refractivity contribution >= 4 is 23.3 Å². The van der Waals surface area contributed by atoms with Gasteiger partial charge in [-0.1, -0.05) is 30.3 Å². The molecule has 1 unspecified atom stereocenters. The molecule has 0 aliphatic carbocycles. The zero-order valence-corrected chi connectivity index (χ0v) is 16.2. The van der Waals surface area contributed by atoms with Gasteiger partial charge in [0, 0.05) is 23.0 Å². The molecule has 1 aromatic heterocycles. The predicted octanol–water partition coefficient (Wildman–Crippen LogP) is 4.03. The SMILES string of the molecule is CC(=O)c1ccc(NC(=O)c2ccnc(C(=O)NC(C)c3ccccc3)c2)cc1. The molecule has 2 amide bonds. The van der Waals surface area contributed by atoms with Crippen molar-refractivity contribution in [3.63, 3.8) is 0 Å². The number of hydrogen-bond acceptors (Lipinski definition) is 4. The number of carbonyl (C=O) groups excluding carboxylic acids is 3. The zero-order chi connectivity index (χ0) is 20.8. The molecule has 6 heteroatoms. The van der Waals surface area contributed by atoms with Gasteiger partial charge >= 0.3 is 0 Å². The fraction of sp³-hybridized carbons (Fsp3) is 0.130. The molecule has 0 saturated heterocycles. The van der Waals surface area contributed by atoms with Crippen molar-refractivity contribution in [1.29, 1.82) is 0 Å². The molecule has 6 nitrogen and oxygen atoms in total. The van der Waals surface area contributed by atoms with E-state index in [4.69, 9.17) is 0 Å². The highest BCUT2D eigenvalue weighted by Gasteiger charge is 2.15. The molecular formula is C23H21N3O3. The Balaban J connectivity index is 1.68. The first-order valence-electron chi connectivity index (χ1n) is 9.18. The van der Waals surface area contributed by atoms with Gasteiger partial charge in [-0.15, -0.1) is 0 Å². The molecule has 0 aliphatic heterocycles. The van der Waals surface area contributed by atoms with Gasteiger partial charge in [0.15, 0.2) is 5.78 Å². The molecule has 146 valence electrons. The minimum atomic E-state index is -0.367. The minimum absolute atomic E-state index is 0.0441. The van der Waals surface area contributed by atoms with Crippen molar-refractivity contribution in [2.24, 2.45) is 0 Å². The molecule has 2 N–H and O–H groups in total. The van der Waals surface area contributed by atoms with E-state index in [1.165, 1.54) is 25.3 Å². The fourth-order valence-electron chi connectivity index (χ4n) is 2.78. The molecule has 0 saturated carbocycles. The Morgan fingerprint density at radius 1 is 0.862 bits per heavy atom. The standard InChI is InChI=1S/C23H21N3O3/c1-15(17-6-4-3-5-7-17)25-23(29)21-14-19(12-13-24-21)22(28)26-20-10-8-18(9-11-20)16(2)27/h3-15H,1-2H3,(H,25,29)(H,26,28). The number of rotatable bonds is 6. The number of carbonyl (C=O) groups is 3. The number of nitrogens with zero attached hydrogens (tertiary/aromatic N) is 1. The van der Waals surface area contributed by atoms with E-state index in [0.29, 0.717) is 16.8 Å². The normalized spacial score (nSPS) is 11.4. The number of amides is 2. The number of nitrogens with one attached hydrogen (secondary N) is 2. The lowest BCUT2D eigenvalue weighted by Crippen LogP contribution is -2.27. The summed E-state index contributed by atoms with van der Waals surface area (Å²) in [7, 11) is 0. The van der Waals surface area contributed by atoms with E-state index < -0.39 is 0 Å². The van der Waals surface area contributed by atoms with Crippen molar-refractivity contribution in [2.45, 2.75) is 19.9 Å². The van der Waals surface area contributed by atoms with Gasteiger partial charge in [-0.25, -0.2) is 0 Å². The lowest BCUT2D eigenvalue weighted by molar-refractivity contribution is 0.0934. The van der Waals surface area contributed by atoms with Crippen LogP contribution in [0.15, 0.2) is 72.9 Å². The maximum Gasteiger partial charge on any atom is 0.270 e. The largest absolute Gasteiger partial charge is 0.344 e. The highest BCUT2D eigenvalue weighted by atomic mass is 16.2. The van der Waals surface area contributed by atoms with Crippen LogP contribution < -0.4 is 10.6 Å². The van der Waals surface area contributed by atoms with Crippen LogP contribution in [0.5, 0.6) is 0 Å². The summed E-state index contributed by atoms with van der Waals surface area (Å²) >= 11 is 0. The number of aromatic nitrogens is 1. The second kappa shape index (κ2) is 8.93. The van der Waals surface area contributed by atoms with E-state index in [0.717, 1.165) is 5.56 Å². The third-order valence-corrected chi connectivity index (χ3v) is 4.45. The Morgan fingerprint density at radius 3 is 2.21 bits per heavy atom. The average Bonchev–Trinajstić information content (AvgIpc) is 2.74. The van der Waals surface area contributed by atoms with Crippen LogP contribution in [-0.2, 0) is 0 Å². The van der Waals surface area contributed by atoms with Gasteiger partial charge in [0.1, 0.15) is 5.69 Å². The van der Waals surface area contributed by atoms with Crippen LogP contribution >= 0.6 is 0 Å². The average molecular weight is 387 g/mol. The lowest BCUT2D eigenvalue weighted by atomic mass is 10.1. The second-order valence-electron chi connectivity index (χ2n) is 6.62. The Hall–Kier alpha value is -3.80. The molecule has 3 rings (SSSR count). The van der Waals surface area contributed by atoms with Gasteiger partial charge in [0.05, 0.1) is 6.04 Å². The number of benzene rings is 2. The summed E-state index contributed by atoms with van der Waals surface area (Å²) in [6.45, 7) is 3.37. The van der Waals surface area contributed by atoms with Crippen LogP contribution in [-0.4, -0.2) is 22.6 Å². The van der Waals surface area contributed by atoms with E-state index in [-0.39, 0.29) is 29.3 Å². The molecule has 0 spiro atoms. The van der Waals surface area contributed by atoms with Crippen molar-refractivity contribution in [1.82, 2.24) is 10.3 Å². The third-order valence-electron chi connectivity index (χ3n) is 4.45. The maximum atomic E-state index is 12.5. The Morgan fingerprint density at radius 2 is 1.55 bits per heavy atom. The van der Waals surface area contributed by atoms with Crippen molar-refractivity contribution in [2.75, 3.05) is 5.32 Å². The first kappa shape index (κ1) is 19.9. The van der Waals surface area contributed by atoms with E-state index in [2.05, 4.69) is 15.6 Å². The van der Waals surface area contributed by atoms with Crippen LogP contribution in [0.3, 0.4) is 0 Å². The molecule has 2 aromatic carbocycles. The zero-order valence-electron chi connectivity index (χ0n) is 16.2. The van der Waals surface area contributed by atoms with Crippen molar-refractivity contribution in [3.8, 4) is 0 Å². The highest BCUT2D eigenvalue weighted by Crippen LogP contribution is 2.14. The number of ketones is 1. The van der Waals surface area contributed by atoms with E-state index in [1.54, 1.807) is 24.3 Å². The quantitative estimate of drug-likeness (QED) is 0.625. The van der Waals surface area contributed by atoms with Gasteiger partial charge in [0.25, 0.3) is 11.8 Å². The van der Waals surface area contributed by atoms with Gasteiger partial charge in [-0.2, -0.15) is 0 Å². The molecule has 3 aromatic rings. The molecule has 0 radical (unpaired) electrons. The highest BCUT2D eigenvalue weighted by molar-refractivity contribution is 6.06. The Kier molecular flexibility index (Phi) is 6.14. The van der Waals surface area contributed by atoms with E-state index in [9.17, 15) is 14.4 Å². The molecule has 1 heterocycles. The van der Waals surface area contributed by atoms with Crippen molar-refractivity contribution < 1.29 is 14.4 Å². The van der Waals surface area contributed by atoms with Gasteiger partial charge in [-0.3, -0.25) is 19.4 Å². The molecular weight excluding hydrogens is 366 g/mol. The number of anilines is 1. The van der Waals surface area contributed by atoms with E-state index >= 15 is 0 Å². The summed E-state index contributed by atoms with van der Waals surface area (Å²) < 4.78 is 0. The first-order valence-corrected chi connectivity index (χ1v) is 9.18. The number of Topliss-reactive ketones (excluding diaryl/α,β-unsaturated/α-hetero) is 1. The van der Waals surface area contributed by atoms with Crippen molar-refractivity contribution in [3.05, 3.63) is 95.3 Å². The Labute approximate surface area is 169 Å². The van der Waals surface area contributed by atoms with Gasteiger partial charge < -0.3 is 10.6 Å². The van der Waals surface area contributed by atoms with Crippen LogP contribution in [0.2, 0.25) is 0 Å². The smallest absolute Gasteiger partial charge is 0.270 e. The minimum Gasteiger partial charge on any atom is -0.344 e. The van der Waals surface area contributed by atoms with Gasteiger partial charge in [0.2, 0.25) is 0 Å². The first-order chi connectivity index (χ1) is 13.9. The maximum absolute atomic E-state index is 12.5. The lowest BCUT2D eigenvalue weighted by Gasteiger charge is -2.14. The predicted molar refractivity (Wildman–Crippen MR) is 111 cm³/mol. The topological polar surface area (TPSA) is 88.2 Å². The summed E-state index contributed by atoms with van der Waals surface area (Å²) in [4.78, 5) is 40.5. The summed E-state index contributed by atoms with van der Waals surface area (Å²) in [5.41, 5.74) is 2.57. The van der Waals surface area contributed by atoms with Crippen LogP contribution in [0, 0.1) is 0 Å². The van der Waals surface area contributed by atoms with E-state index in [1.807, 2.05) is 37.3 Å². The van der Waals surface area contributed by atoms with Crippen LogP contribution in [0.4, 0.5) is 5.69 Å². The number of hydrogen-bond donors (Lipinski definition) is 2. The molecule has 0 aliphatic rings. The van der Waals surface area contributed by atoms with Gasteiger partial charge in [-0.05, 0) is 55.8 Å². The fourth-order valence-corrected chi connectivity index (χ4v) is 2.78. The second-order valence-corrected chi connectivity index (χ2v) is 6.62. The summed E-state index contributed by atoms with van der Waals surface area (Å²) in [6.07, 6.45) is 1.43. The molecule has 0 fully saturated rings. The Bertz CT molecular complexity index is 1030. The third kappa shape index (κ3) is 5.13.